The second kappa shape index (κ2) is 3.76. The van der Waals surface area contributed by atoms with E-state index in [2.05, 4.69) is 27.6 Å². The lowest BCUT2D eigenvalue weighted by Gasteiger charge is -2.09. The van der Waals surface area contributed by atoms with Gasteiger partial charge in [0, 0.05) is 12.3 Å². The van der Waals surface area contributed by atoms with Crippen molar-refractivity contribution in [3.05, 3.63) is 28.2 Å². The van der Waals surface area contributed by atoms with E-state index in [1.165, 1.54) is 0 Å². The Hall–Kier alpha value is -0.780. The smallest absolute Gasteiger partial charge is 0.141 e. The summed E-state index contributed by atoms with van der Waals surface area (Å²) in [5, 5.41) is 0. The Kier molecular flexibility index (Phi) is 2.62. The second-order valence-corrected chi connectivity index (χ2v) is 4.44. The van der Waals surface area contributed by atoms with Gasteiger partial charge in [0.1, 0.15) is 15.1 Å². The van der Waals surface area contributed by atoms with Gasteiger partial charge in [0.25, 0.3) is 0 Å². The standard InChI is InChI=1S/C10H11IN2O/c1-7(2)14-8-3-4-13-9(11)6-12-10(13)5-8/h3-7H,1-2H3. The van der Waals surface area contributed by atoms with Crippen molar-refractivity contribution in [3.63, 3.8) is 0 Å². The molecule has 0 fully saturated rings. The molecule has 2 aromatic rings. The number of hydrogen-bond acceptors (Lipinski definition) is 2. The summed E-state index contributed by atoms with van der Waals surface area (Å²) in [7, 11) is 0. The summed E-state index contributed by atoms with van der Waals surface area (Å²) in [6.45, 7) is 4.03. The summed E-state index contributed by atoms with van der Waals surface area (Å²) in [6.07, 6.45) is 4.02. The molecule has 0 unspecified atom stereocenters. The van der Waals surface area contributed by atoms with Crippen molar-refractivity contribution < 1.29 is 4.74 Å². The Morgan fingerprint density at radius 1 is 1.50 bits per heavy atom. The van der Waals surface area contributed by atoms with Gasteiger partial charge in [-0.3, -0.25) is 4.40 Å². The van der Waals surface area contributed by atoms with Gasteiger partial charge < -0.3 is 4.74 Å². The third-order valence-electron chi connectivity index (χ3n) is 1.81. The number of fused-ring (bicyclic) bond motifs is 1. The molecule has 0 aliphatic carbocycles. The number of halogens is 1. The van der Waals surface area contributed by atoms with Gasteiger partial charge in [-0.15, -0.1) is 0 Å². The van der Waals surface area contributed by atoms with Crippen molar-refractivity contribution in [1.29, 1.82) is 0 Å². The zero-order valence-electron chi connectivity index (χ0n) is 8.07. The van der Waals surface area contributed by atoms with E-state index >= 15 is 0 Å². The Balaban J connectivity index is 2.42. The highest BCUT2D eigenvalue weighted by atomic mass is 127. The molecule has 0 radical (unpaired) electrons. The van der Waals surface area contributed by atoms with Crippen LogP contribution in [0.2, 0.25) is 0 Å². The van der Waals surface area contributed by atoms with Crippen LogP contribution in [-0.4, -0.2) is 15.5 Å². The van der Waals surface area contributed by atoms with Gasteiger partial charge >= 0.3 is 0 Å². The summed E-state index contributed by atoms with van der Waals surface area (Å²) in [6, 6.07) is 3.90. The summed E-state index contributed by atoms with van der Waals surface area (Å²) in [5.74, 6) is 0.870. The fourth-order valence-corrected chi connectivity index (χ4v) is 1.82. The Morgan fingerprint density at radius 2 is 2.29 bits per heavy atom. The van der Waals surface area contributed by atoms with Crippen LogP contribution in [0.4, 0.5) is 0 Å². The average molecular weight is 302 g/mol. The summed E-state index contributed by atoms with van der Waals surface area (Å²) < 4.78 is 8.70. The molecule has 2 rings (SSSR count). The third kappa shape index (κ3) is 1.84. The number of nitrogens with zero attached hydrogens (tertiary/aromatic N) is 2. The van der Waals surface area contributed by atoms with Crippen LogP contribution in [0.25, 0.3) is 5.65 Å². The number of pyridine rings is 1. The minimum Gasteiger partial charge on any atom is -0.491 e. The first kappa shape index (κ1) is 9.76. The van der Waals surface area contributed by atoms with Crippen LogP contribution in [0.15, 0.2) is 24.5 Å². The van der Waals surface area contributed by atoms with Gasteiger partial charge in [0.15, 0.2) is 0 Å². The third-order valence-corrected chi connectivity index (χ3v) is 2.61. The number of aromatic nitrogens is 2. The molecule has 2 heterocycles. The molecular formula is C10H11IN2O. The van der Waals surface area contributed by atoms with Crippen LogP contribution in [-0.2, 0) is 0 Å². The van der Waals surface area contributed by atoms with Gasteiger partial charge in [-0.25, -0.2) is 4.98 Å². The summed E-state index contributed by atoms with van der Waals surface area (Å²) in [5.41, 5.74) is 0.924. The highest BCUT2D eigenvalue weighted by molar-refractivity contribution is 14.1. The first-order chi connectivity index (χ1) is 6.66. The van der Waals surface area contributed by atoms with Gasteiger partial charge in [0.05, 0.1) is 12.3 Å². The first-order valence-corrected chi connectivity index (χ1v) is 5.54. The molecule has 14 heavy (non-hydrogen) atoms. The Labute approximate surface area is 96.2 Å². The van der Waals surface area contributed by atoms with Crippen LogP contribution in [0.3, 0.4) is 0 Å². The molecule has 0 amide bonds. The minimum absolute atomic E-state index is 0.200. The molecule has 0 aliphatic rings. The maximum atomic E-state index is 5.58. The Morgan fingerprint density at radius 3 is 3.00 bits per heavy atom. The molecule has 0 N–H and O–H groups in total. The SMILES string of the molecule is CC(C)Oc1ccn2c(I)cnc2c1. The van der Waals surface area contributed by atoms with Crippen molar-refractivity contribution in [2.24, 2.45) is 0 Å². The first-order valence-electron chi connectivity index (χ1n) is 4.46. The molecule has 2 aromatic heterocycles. The predicted molar refractivity (Wildman–Crippen MR) is 63.7 cm³/mol. The number of hydrogen-bond donors (Lipinski definition) is 0. The van der Waals surface area contributed by atoms with Gasteiger partial charge in [-0.05, 0) is 42.5 Å². The highest BCUT2D eigenvalue weighted by Gasteiger charge is 2.02. The number of imidazole rings is 1. The van der Waals surface area contributed by atoms with E-state index in [0.29, 0.717) is 0 Å². The molecule has 0 aromatic carbocycles. The molecule has 0 bridgehead atoms. The normalized spacial score (nSPS) is 11.1. The van der Waals surface area contributed by atoms with E-state index in [9.17, 15) is 0 Å². The summed E-state index contributed by atoms with van der Waals surface area (Å²) in [4.78, 5) is 4.26. The number of ether oxygens (including phenoxy) is 1. The molecule has 0 saturated heterocycles. The molecule has 0 saturated carbocycles. The van der Waals surface area contributed by atoms with E-state index < -0.39 is 0 Å². The lowest BCUT2D eigenvalue weighted by molar-refractivity contribution is 0.242. The minimum atomic E-state index is 0.200. The monoisotopic (exact) mass is 302 g/mol. The second-order valence-electron chi connectivity index (χ2n) is 3.34. The Bertz CT molecular complexity index is 450. The van der Waals surface area contributed by atoms with Crippen molar-refractivity contribution in [3.8, 4) is 5.75 Å². The topological polar surface area (TPSA) is 26.5 Å². The van der Waals surface area contributed by atoms with Crippen LogP contribution in [0.1, 0.15) is 13.8 Å². The fraction of sp³-hybridized carbons (Fsp3) is 0.300. The van der Waals surface area contributed by atoms with Crippen molar-refractivity contribution in [2.75, 3.05) is 0 Å². The van der Waals surface area contributed by atoms with Crippen LogP contribution >= 0.6 is 22.6 Å². The fourth-order valence-electron chi connectivity index (χ4n) is 1.28. The largest absolute Gasteiger partial charge is 0.491 e. The van der Waals surface area contributed by atoms with Crippen LogP contribution in [0.5, 0.6) is 5.75 Å². The molecule has 4 heteroatoms. The molecular weight excluding hydrogens is 291 g/mol. The quantitative estimate of drug-likeness (QED) is 0.797. The van der Waals surface area contributed by atoms with Crippen LogP contribution < -0.4 is 4.74 Å². The summed E-state index contributed by atoms with van der Waals surface area (Å²) >= 11 is 2.25. The van der Waals surface area contributed by atoms with E-state index in [1.54, 1.807) is 0 Å². The molecule has 0 aliphatic heterocycles. The lowest BCUT2D eigenvalue weighted by atomic mass is 10.4. The van der Waals surface area contributed by atoms with E-state index in [-0.39, 0.29) is 6.10 Å². The average Bonchev–Trinajstić information content (AvgIpc) is 2.46. The molecule has 74 valence electrons. The maximum Gasteiger partial charge on any atom is 0.141 e. The van der Waals surface area contributed by atoms with Crippen LogP contribution in [0, 0.1) is 3.70 Å². The van der Waals surface area contributed by atoms with Gasteiger partial charge in [-0.2, -0.15) is 0 Å². The maximum absolute atomic E-state index is 5.58. The molecule has 0 spiro atoms. The lowest BCUT2D eigenvalue weighted by Crippen LogP contribution is -2.05. The zero-order chi connectivity index (χ0) is 10.1. The van der Waals surface area contributed by atoms with Gasteiger partial charge in [0.2, 0.25) is 0 Å². The highest BCUT2D eigenvalue weighted by Crippen LogP contribution is 2.17. The molecule has 3 nitrogen and oxygen atoms in total. The van der Waals surface area contributed by atoms with E-state index in [0.717, 1.165) is 15.1 Å². The van der Waals surface area contributed by atoms with Gasteiger partial charge in [-0.1, -0.05) is 0 Å². The van der Waals surface area contributed by atoms with E-state index in [1.807, 2.05) is 42.8 Å². The van der Waals surface area contributed by atoms with E-state index in [4.69, 9.17) is 4.74 Å². The van der Waals surface area contributed by atoms with Crippen molar-refractivity contribution >= 4 is 28.2 Å². The zero-order valence-corrected chi connectivity index (χ0v) is 10.2. The number of rotatable bonds is 2. The van der Waals surface area contributed by atoms with Crippen molar-refractivity contribution in [2.45, 2.75) is 20.0 Å². The van der Waals surface area contributed by atoms with Crippen molar-refractivity contribution in [1.82, 2.24) is 9.38 Å². The molecule has 0 atom stereocenters. The predicted octanol–water partition coefficient (Wildman–Crippen LogP) is 2.73.